The highest BCUT2D eigenvalue weighted by Crippen LogP contribution is 2.29. The second-order valence-electron chi connectivity index (χ2n) is 6.62. The fraction of sp³-hybridized carbons (Fsp3) is 0.400. The first-order valence-electron chi connectivity index (χ1n) is 9.40. The maximum absolute atomic E-state index is 12.6. The first kappa shape index (κ1) is 20.2. The van der Waals surface area contributed by atoms with Gasteiger partial charge in [0.1, 0.15) is 10.8 Å². The molecule has 2 amide bonds. The molecule has 0 bridgehead atoms. The van der Waals surface area contributed by atoms with Crippen LogP contribution in [0.5, 0.6) is 5.75 Å². The number of piperazine rings is 1. The molecule has 28 heavy (non-hydrogen) atoms. The summed E-state index contributed by atoms with van der Waals surface area (Å²) in [5.74, 6) is 0.222. The van der Waals surface area contributed by atoms with Crippen molar-refractivity contribution in [2.24, 2.45) is 5.73 Å². The van der Waals surface area contributed by atoms with Crippen molar-refractivity contribution in [1.29, 1.82) is 0 Å². The van der Waals surface area contributed by atoms with Crippen molar-refractivity contribution in [2.45, 2.75) is 19.9 Å². The van der Waals surface area contributed by atoms with Gasteiger partial charge in [0.2, 0.25) is 5.91 Å². The SMILES string of the molecule is CCOc1ccccc1N1CCN([C@@H](C)C(=O)Nc2sccc2C(N)=O)CC1. The van der Waals surface area contributed by atoms with Crippen molar-refractivity contribution in [3.05, 3.63) is 41.3 Å². The van der Waals surface area contributed by atoms with Gasteiger partial charge in [0.05, 0.1) is 23.9 Å². The number of rotatable bonds is 7. The molecule has 0 spiro atoms. The van der Waals surface area contributed by atoms with Crippen LogP contribution < -0.4 is 20.7 Å². The molecule has 0 saturated carbocycles. The first-order valence-corrected chi connectivity index (χ1v) is 10.3. The molecular weight excluding hydrogens is 376 g/mol. The number of carbonyl (C=O) groups excluding carboxylic acids is 2. The summed E-state index contributed by atoms with van der Waals surface area (Å²) in [6.07, 6.45) is 0. The van der Waals surface area contributed by atoms with E-state index >= 15 is 0 Å². The zero-order valence-electron chi connectivity index (χ0n) is 16.2. The Morgan fingerprint density at radius 3 is 2.61 bits per heavy atom. The normalized spacial score (nSPS) is 15.9. The molecule has 2 heterocycles. The molecule has 1 saturated heterocycles. The third-order valence-corrected chi connectivity index (χ3v) is 5.74. The van der Waals surface area contributed by atoms with Crippen LogP contribution in [0.15, 0.2) is 35.7 Å². The number of nitrogens with one attached hydrogen (secondary N) is 1. The number of nitrogens with two attached hydrogens (primary N) is 1. The number of nitrogens with zero attached hydrogens (tertiary/aromatic N) is 2. The van der Waals surface area contributed by atoms with Crippen molar-refractivity contribution >= 4 is 33.8 Å². The Morgan fingerprint density at radius 2 is 1.93 bits per heavy atom. The van der Waals surface area contributed by atoms with Crippen LogP contribution in [0.1, 0.15) is 24.2 Å². The first-order chi connectivity index (χ1) is 13.5. The van der Waals surface area contributed by atoms with E-state index in [0.717, 1.165) is 37.6 Å². The Hall–Kier alpha value is -2.58. The number of thiophene rings is 1. The topological polar surface area (TPSA) is 87.9 Å². The predicted molar refractivity (Wildman–Crippen MR) is 112 cm³/mol. The van der Waals surface area contributed by atoms with Gasteiger partial charge in [-0.15, -0.1) is 11.3 Å². The number of para-hydroxylation sites is 2. The van der Waals surface area contributed by atoms with Crippen molar-refractivity contribution in [3.63, 3.8) is 0 Å². The van der Waals surface area contributed by atoms with E-state index in [1.807, 2.05) is 32.0 Å². The summed E-state index contributed by atoms with van der Waals surface area (Å²) in [7, 11) is 0. The van der Waals surface area contributed by atoms with E-state index < -0.39 is 5.91 Å². The molecule has 1 fully saturated rings. The molecule has 3 rings (SSSR count). The summed E-state index contributed by atoms with van der Waals surface area (Å²) in [6.45, 7) is 7.65. The van der Waals surface area contributed by atoms with Crippen molar-refractivity contribution < 1.29 is 14.3 Å². The number of primary amides is 1. The molecule has 0 radical (unpaired) electrons. The Balaban J connectivity index is 1.59. The molecule has 1 aliphatic rings. The van der Waals surface area contributed by atoms with Gasteiger partial charge in [-0.1, -0.05) is 12.1 Å². The van der Waals surface area contributed by atoms with Gasteiger partial charge < -0.3 is 20.7 Å². The van der Waals surface area contributed by atoms with Gasteiger partial charge in [0.25, 0.3) is 5.91 Å². The molecule has 3 N–H and O–H groups in total. The molecule has 0 aliphatic carbocycles. The Morgan fingerprint density at radius 1 is 1.21 bits per heavy atom. The molecule has 1 aromatic heterocycles. The average molecular weight is 403 g/mol. The fourth-order valence-electron chi connectivity index (χ4n) is 3.33. The van der Waals surface area contributed by atoms with Gasteiger partial charge in [0, 0.05) is 26.2 Å². The summed E-state index contributed by atoms with van der Waals surface area (Å²) in [4.78, 5) is 28.5. The molecular formula is C20H26N4O3S. The Bertz CT molecular complexity index is 830. The predicted octanol–water partition coefficient (Wildman–Crippen LogP) is 2.39. The lowest BCUT2D eigenvalue weighted by Gasteiger charge is -2.38. The summed E-state index contributed by atoms with van der Waals surface area (Å²) < 4.78 is 5.74. The van der Waals surface area contributed by atoms with E-state index in [9.17, 15) is 9.59 Å². The third-order valence-electron chi connectivity index (χ3n) is 4.91. The van der Waals surface area contributed by atoms with Crippen LogP contribution in [-0.2, 0) is 4.79 Å². The second kappa shape index (κ2) is 9.07. The molecule has 1 aliphatic heterocycles. The number of amides is 2. The molecule has 7 nitrogen and oxygen atoms in total. The van der Waals surface area contributed by atoms with Crippen LogP contribution in [0.25, 0.3) is 0 Å². The van der Waals surface area contributed by atoms with Gasteiger partial charge >= 0.3 is 0 Å². The number of benzene rings is 1. The molecule has 1 aromatic carbocycles. The Kier molecular flexibility index (Phi) is 6.53. The van der Waals surface area contributed by atoms with Crippen LogP contribution in [0.3, 0.4) is 0 Å². The van der Waals surface area contributed by atoms with Gasteiger partial charge in [-0.3, -0.25) is 14.5 Å². The average Bonchev–Trinajstić information content (AvgIpc) is 3.17. The zero-order chi connectivity index (χ0) is 20.1. The number of carbonyl (C=O) groups is 2. The van der Waals surface area contributed by atoms with E-state index in [1.165, 1.54) is 11.3 Å². The minimum Gasteiger partial charge on any atom is -0.492 e. The largest absolute Gasteiger partial charge is 0.492 e. The lowest BCUT2D eigenvalue weighted by molar-refractivity contribution is -0.120. The van der Waals surface area contributed by atoms with Gasteiger partial charge in [0.15, 0.2) is 0 Å². The van der Waals surface area contributed by atoms with Gasteiger partial charge in [-0.2, -0.15) is 0 Å². The molecule has 8 heteroatoms. The minimum atomic E-state index is -0.536. The van der Waals surface area contributed by atoms with Crippen LogP contribution in [-0.4, -0.2) is 55.5 Å². The van der Waals surface area contributed by atoms with E-state index in [1.54, 1.807) is 11.4 Å². The van der Waals surface area contributed by atoms with E-state index in [0.29, 0.717) is 17.2 Å². The van der Waals surface area contributed by atoms with Crippen molar-refractivity contribution in [2.75, 3.05) is 43.0 Å². The molecule has 1 atom stereocenters. The van der Waals surface area contributed by atoms with Crippen molar-refractivity contribution in [3.8, 4) is 5.75 Å². The number of hydrogen-bond donors (Lipinski definition) is 2. The van der Waals surface area contributed by atoms with E-state index in [-0.39, 0.29) is 11.9 Å². The summed E-state index contributed by atoms with van der Waals surface area (Å²) in [6, 6.07) is 9.37. The lowest BCUT2D eigenvalue weighted by Crippen LogP contribution is -2.52. The number of hydrogen-bond acceptors (Lipinski definition) is 6. The number of anilines is 2. The zero-order valence-corrected chi connectivity index (χ0v) is 17.0. The Labute approximate surface area is 169 Å². The second-order valence-corrected chi connectivity index (χ2v) is 7.53. The minimum absolute atomic E-state index is 0.131. The summed E-state index contributed by atoms with van der Waals surface area (Å²) in [5, 5.41) is 5.09. The molecule has 0 unspecified atom stereocenters. The summed E-state index contributed by atoms with van der Waals surface area (Å²) >= 11 is 1.30. The lowest BCUT2D eigenvalue weighted by atomic mass is 10.2. The maximum atomic E-state index is 12.6. The van der Waals surface area contributed by atoms with Gasteiger partial charge in [-0.05, 0) is 37.4 Å². The highest BCUT2D eigenvalue weighted by molar-refractivity contribution is 7.14. The highest BCUT2D eigenvalue weighted by atomic mass is 32.1. The quantitative estimate of drug-likeness (QED) is 0.743. The van der Waals surface area contributed by atoms with E-state index in [2.05, 4.69) is 21.2 Å². The van der Waals surface area contributed by atoms with Crippen LogP contribution in [0, 0.1) is 0 Å². The van der Waals surface area contributed by atoms with E-state index in [4.69, 9.17) is 10.5 Å². The summed E-state index contributed by atoms with van der Waals surface area (Å²) in [5.41, 5.74) is 6.79. The number of ether oxygens (including phenoxy) is 1. The monoisotopic (exact) mass is 402 g/mol. The van der Waals surface area contributed by atoms with Crippen LogP contribution in [0.2, 0.25) is 0 Å². The third kappa shape index (κ3) is 4.45. The standard InChI is InChI=1S/C20H26N4O3S/c1-3-27-17-7-5-4-6-16(17)24-11-9-23(10-12-24)14(2)19(26)22-20-15(18(21)25)8-13-28-20/h4-8,13-14H,3,9-12H2,1-2H3,(H2,21,25)(H,22,26)/t14-/m0/s1. The van der Waals surface area contributed by atoms with Crippen LogP contribution >= 0.6 is 11.3 Å². The molecule has 2 aromatic rings. The highest BCUT2D eigenvalue weighted by Gasteiger charge is 2.27. The fourth-order valence-corrected chi connectivity index (χ4v) is 4.12. The smallest absolute Gasteiger partial charge is 0.251 e. The van der Waals surface area contributed by atoms with Crippen molar-refractivity contribution in [1.82, 2.24) is 4.90 Å². The maximum Gasteiger partial charge on any atom is 0.251 e. The molecule has 150 valence electrons. The van der Waals surface area contributed by atoms with Crippen LogP contribution in [0.4, 0.5) is 10.7 Å². The van der Waals surface area contributed by atoms with Gasteiger partial charge in [-0.25, -0.2) is 0 Å².